The van der Waals surface area contributed by atoms with E-state index in [1.165, 1.54) is 0 Å². The van der Waals surface area contributed by atoms with Gasteiger partial charge in [0.15, 0.2) is 0 Å². The molecule has 1 atom stereocenters. The minimum atomic E-state index is -0.605. The molecule has 0 aromatic carbocycles. The van der Waals surface area contributed by atoms with E-state index in [0.29, 0.717) is 13.0 Å². The van der Waals surface area contributed by atoms with Crippen LogP contribution in [0.2, 0.25) is 0 Å². The zero-order valence-corrected chi connectivity index (χ0v) is 12.1. The Bertz CT molecular complexity index is 523. The maximum Gasteiger partial charge on any atom is 0.322 e. The normalized spacial score (nSPS) is 17.2. The highest BCUT2D eigenvalue weighted by Crippen LogP contribution is 2.12. The van der Waals surface area contributed by atoms with Gasteiger partial charge in [0.1, 0.15) is 6.04 Å². The number of thioether (sulfide) groups is 1. The van der Waals surface area contributed by atoms with Gasteiger partial charge in [-0.1, -0.05) is 6.07 Å². The first kappa shape index (κ1) is 15.3. The molecule has 8 heteroatoms. The summed E-state index contributed by atoms with van der Waals surface area (Å²) in [6, 6.07) is 4.57. The van der Waals surface area contributed by atoms with E-state index in [1.54, 1.807) is 18.0 Å². The van der Waals surface area contributed by atoms with Gasteiger partial charge in [-0.15, -0.1) is 11.8 Å². The van der Waals surface area contributed by atoms with Gasteiger partial charge in [0.2, 0.25) is 5.91 Å². The van der Waals surface area contributed by atoms with Crippen LogP contribution in [0.1, 0.15) is 12.8 Å². The van der Waals surface area contributed by atoms with Gasteiger partial charge in [-0.3, -0.25) is 14.9 Å². The first-order valence-corrected chi connectivity index (χ1v) is 7.55. The molecular formula is C13H16N4O3S. The zero-order chi connectivity index (χ0) is 15.1. The van der Waals surface area contributed by atoms with Crippen molar-refractivity contribution in [3.63, 3.8) is 0 Å². The highest BCUT2D eigenvalue weighted by atomic mass is 32.2. The number of aromatic nitrogens is 1. The van der Waals surface area contributed by atoms with Crippen LogP contribution in [0.15, 0.2) is 29.4 Å². The van der Waals surface area contributed by atoms with Crippen molar-refractivity contribution in [2.45, 2.75) is 23.9 Å². The maximum atomic E-state index is 11.6. The Balaban J connectivity index is 1.58. The third kappa shape index (κ3) is 5.07. The average molecular weight is 308 g/mol. The van der Waals surface area contributed by atoms with Crippen molar-refractivity contribution in [1.82, 2.24) is 20.9 Å². The Morgan fingerprint density at radius 1 is 1.38 bits per heavy atom. The van der Waals surface area contributed by atoms with Crippen LogP contribution in [-0.4, -0.2) is 41.2 Å². The Labute approximate surface area is 126 Å². The van der Waals surface area contributed by atoms with E-state index in [1.807, 2.05) is 18.2 Å². The summed E-state index contributed by atoms with van der Waals surface area (Å²) in [4.78, 5) is 38.0. The van der Waals surface area contributed by atoms with Crippen molar-refractivity contribution in [3.8, 4) is 0 Å². The number of rotatable bonds is 7. The second-order valence-corrected chi connectivity index (χ2v) is 5.54. The fraction of sp³-hybridized carbons (Fsp3) is 0.385. The van der Waals surface area contributed by atoms with Gasteiger partial charge in [-0.2, -0.15) is 0 Å². The van der Waals surface area contributed by atoms with Crippen molar-refractivity contribution in [2.24, 2.45) is 0 Å². The first-order valence-electron chi connectivity index (χ1n) is 6.57. The topological polar surface area (TPSA) is 100 Å². The van der Waals surface area contributed by atoms with Crippen LogP contribution in [0, 0.1) is 0 Å². The fourth-order valence-electron chi connectivity index (χ4n) is 1.80. The molecule has 0 saturated carbocycles. The number of hydrogen-bond acceptors (Lipinski definition) is 5. The Kier molecular flexibility index (Phi) is 5.56. The van der Waals surface area contributed by atoms with Gasteiger partial charge in [-0.05, 0) is 18.6 Å². The lowest BCUT2D eigenvalue weighted by molar-refractivity contribution is -0.122. The lowest BCUT2D eigenvalue weighted by Gasteiger charge is -2.07. The second-order valence-electron chi connectivity index (χ2n) is 4.42. The van der Waals surface area contributed by atoms with Crippen LogP contribution < -0.4 is 16.0 Å². The van der Waals surface area contributed by atoms with Crippen molar-refractivity contribution in [2.75, 3.05) is 12.3 Å². The van der Waals surface area contributed by atoms with Crippen LogP contribution in [0.5, 0.6) is 0 Å². The summed E-state index contributed by atoms with van der Waals surface area (Å²) in [6.45, 7) is 0.531. The number of nitrogens with one attached hydrogen (secondary N) is 3. The van der Waals surface area contributed by atoms with Crippen molar-refractivity contribution in [1.29, 1.82) is 0 Å². The number of imide groups is 1. The molecule has 2 heterocycles. The standard InChI is InChI=1S/C13H16N4O3S/c18-10(5-4-9-12(19)17-13(20)16-9)14-7-8-21-11-3-1-2-6-15-11/h1-3,6,9H,4-5,7-8H2,(H,14,18)(H2,16,17,19,20)/t9-/m0/s1. The quantitative estimate of drug-likeness (QED) is 0.381. The molecule has 0 aliphatic carbocycles. The molecule has 3 N–H and O–H groups in total. The maximum absolute atomic E-state index is 11.6. The third-order valence-electron chi connectivity index (χ3n) is 2.83. The van der Waals surface area contributed by atoms with E-state index < -0.39 is 12.1 Å². The largest absolute Gasteiger partial charge is 0.355 e. The second kappa shape index (κ2) is 7.63. The zero-order valence-electron chi connectivity index (χ0n) is 11.3. The van der Waals surface area contributed by atoms with E-state index in [2.05, 4.69) is 20.9 Å². The predicted molar refractivity (Wildman–Crippen MR) is 77.7 cm³/mol. The molecule has 0 unspecified atom stereocenters. The van der Waals surface area contributed by atoms with Gasteiger partial charge in [-0.25, -0.2) is 9.78 Å². The van der Waals surface area contributed by atoms with E-state index in [-0.39, 0.29) is 18.2 Å². The number of urea groups is 1. The van der Waals surface area contributed by atoms with Crippen molar-refractivity contribution < 1.29 is 14.4 Å². The van der Waals surface area contributed by atoms with Gasteiger partial charge >= 0.3 is 6.03 Å². The summed E-state index contributed by atoms with van der Waals surface area (Å²) < 4.78 is 0. The number of carbonyl (C=O) groups is 3. The van der Waals surface area contributed by atoms with Crippen LogP contribution in [0.3, 0.4) is 0 Å². The molecule has 1 aromatic rings. The molecular weight excluding hydrogens is 292 g/mol. The molecule has 2 rings (SSSR count). The number of nitrogens with zero attached hydrogens (tertiary/aromatic N) is 1. The highest BCUT2D eigenvalue weighted by molar-refractivity contribution is 7.99. The van der Waals surface area contributed by atoms with Crippen LogP contribution in [-0.2, 0) is 9.59 Å². The molecule has 7 nitrogen and oxygen atoms in total. The van der Waals surface area contributed by atoms with Gasteiger partial charge < -0.3 is 10.6 Å². The molecule has 0 bridgehead atoms. The summed E-state index contributed by atoms with van der Waals surface area (Å²) in [6.07, 6.45) is 2.23. The minimum absolute atomic E-state index is 0.134. The molecule has 0 spiro atoms. The summed E-state index contributed by atoms with van der Waals surface area (Å²) in [5, 5.41) is 8.27. The van der Waals surface area contributed by atoms with Gasteiger partial charge in [0.25, 0.3) is 5.91 Å². The molecule has 112 valence electrons. The smallest absolute Gasteiger partial charge is 0.322 e. The van der Waals surface area contributed by atoms with Crippen LogP contribution in [0.25, 0.3) is 0 Å². The van der Waals surface area contributed by atoms with Crippen molar-refractivity contribution >= 4 is 29.6 Å². The van der Waals surface area contributed by atoms with Gasteiger partial charge in [0, 0.05) is 24.9 Å². The molecule has 1 aromatic heterocycles. The molecule has 4 amide bonds. The number of carbonyl (C=O) groups excluding carboxylic acids is 3. The number of pyridine rings is 1. The monoisotopic (exact) mass is 308 g/mol. The van der Waals surface area contributed by atoms with E-state index >= 15 is 0 Å². The molecule has 1 aliphatic rings. The number of hydrogen-bond donors (Lipinski definition) is 3. The van der Waals surface area contributed by atoms with E-state index in [0.717, 1.165) is 10.8 Å². The van der Waals surface area contributed by atoms with Crippen LogP contribution >= 0.6 is 11.8 Å². The Morgan fingerprint density at radius 3 is 2.90 bits per heavy atom. The third-order valence-corrected chi connectivity index (χ3v) is 3.78. The molecule has 1 fully saturated rings. The Hall–Kier alpha value is -2.09. The van der Waals surface area contributed by atoms with Gasteiger partial charge in [0.05, 0.1) is 5.03 Å². The molecule has 21 heavy (non-hydrogen) atoms. The minimum Gasteiger partial charge on any atom is -0.355 e. The number of amides is 4. The fourth-order valence-corrected chi connectivity index (χ4v) is 2.53. The predicted octanol–water partition coefficient (Wildman–Crippen LogP) is 0.278. The van der Waals surface area contributed by atoms with E-state index in [9.17, 15) is 14.4 Å². The lowest BCUT2D eigenvalue weighted by atomic mass is 10.1. The summed E-state index contributed by atoms with van der Waals surface area (Å²) in [5.74, 6) is 0.215. The van der Waals surface area contributed by atoms with Crippen LogP contribution in [0.4, 0.5) is 4.79 Å². The lowest BCUT2D eigenvalue weighted by Crippen LogP contribution is -2.32. The molecule has 0 radical (unpaired) electrons. The van der Waals surface area contributed by atoms with E-state index in [4.69, 9.17) is 0 Å². The Morgan fingerprint density at radius 2 is 2.24 bits per heavy atom. The highest BCUT2D eigenvalue weighted by Gasteiger charge is 2.29. The SMILES string of the molecule is O=C(CC[C@@H]1NC(=O)NC1=O)NCCSc1ccccn1. The average Bonchev–Trinajstić information content (AvgIpc) is 2.80. The molecule has 1 saturated heterocycles. The summed E-state index contributed by atoms with van der Waals surface area (Å²) in [7, 11) is 0. The first-order chi connectivity index (χ1) is 10.1. The molecule has 1 aliphatic heterocycles. The van der Waals surface area contributed by atoms with Crippen molar-refractivity contribution in [3.05, 3.63) is 24.4 Å². The summed E-state index contributed by atoms with van der Waals surface area (Å²) in [5.41, 5.74) is 0. The summed E-state index contributed by atoms with van der Waals surface area (Å²) >= 11 is 1.56.